The first-order valence-corrected chi connectivity index (χ1v) is 5.78. The van der Waals surface area contributed by atoms with Crippen LogP contribution in [0.1, 0.15) is 0 Å². The zero-order chi connectivity index (χ0) is 13.1. The smallest absolute Gasteiger partial charge is 0.209 e. The maximum absolute atomic E-state index is 8.60. The van der Waals surface area contributed by atoms with Crippen LogP contribution in [-0.2, 0) is 0 Å². The molecule has 0 saturated carbocycles. The van der Waals surface area contributed by atoms with E-state index in [0.29, 0.717) is 0 Å². The van der Waals surface area contributed by atoms with Crippen molar-refractivity contribution in [3.63, 3.8) is 0 Å². The number of hydrogen-bond acceptors (Lipinski definition) is 6. The second-order valence-electron chi connectivity index (χ2n) is 3.34. The van der Waals surface area contributed by atoms with Crippen molar-refractivity contribution in [3.05, 3.63) is 30.6 Å². The Morgan fingerprint density at radius 2 is 1.88 bits per heavy atom. The minimum absolute atomic E-state index is 0.964. The molecule has 94 valence electrons. The predicted molar refractivity (Wildman–Crippen MR) is 51.7 cm³/mol. The molecule has 0 fully saturated rings. The summed E-state index contributed by atoms with van der Waals surface area (Å²) in [6.45, 7) is 0. The van der Waals surface area contributed by atoms with Gasteiger partial charge in [-0.25, -0.2) is 4.98 Å². The molecule has 8 heteroatoms. The van der Waals surface area contributed by atoms with Crippen LogP contribution in [0.25, 0.3) is 5.52 Å². The van der Waals surface area contributed by atoms with Gasteiger partial charge < -0.3 is 4.90 Å². The molecule has 2 aromatic heterocycles. The fourth-order valence-corrected chi connectivity index (χ4v) is 1.26. The summed E-state index contributed by atoms with van der Waals surface area (Å²) < 4.78 is 34.8. The van der Waals surface area contributed by atoms with Crippen LogP contribution in [0.15, 0.2) is 30.6 Å². The summed E-state index contributed by atoms with van der Waals surface area (Å²) in [7, 11) is -0.719. The summed E-state index contributed by atoms with van der Waals surface area (Å²) in [5, 5.41) is 0. The average Bonchev–Trinajstić information content (AvgIpc) is 2.58. The van der Waals surface area contributed by atoms with Crippen molar-refractivity contribution in [2.75, 3.05) is 19.0 Å². The van der Waals surface area contributed by atoms with Crippen LogP contribution >= 0.6 is 0 Å². The fourth-order valence-electron chi connectivity index (χ4n) is 1.26. The van der Waals surface area contributed by atoms with Crippen LogP contribution in [0.4, 0.5) is 5.95 Å². The molecule has 0 bridgehead atoms. The Kier molecular flexibility index (Phi) is 4.27. The Balaban J connectivity index is 0.000000249. The Morgan fingerprint density at radius 3 is 2.41 bits per heavy atom. The number of anilines is 1. The first kappa shape index (κ1) is 13.7. The van der Waals surface area contributed by atoms with Crippen LogP contribution in [0, 0.1) is 10.2 Å². The molecule has 7 nitrogen and oxygen atoms in total. The van der Waals surface area contributed by atoms with Crippen molar-refractivity contribution in [2.24, 2.45) is 0 Å². The molecular weight excluding hydrogens is 250 g/mol. The van der Waals surface area contributed by atoms with Crippen molar-refractivity contribution in [1.82, 2.24) is 9.38 Å². The van der Waals surface area contributed by atoms with Crippen molar-refractivity contribution in [1.29, 1.82) is 0 Å². The van der Waals surface area contributed by atoms with Crippen molar-refractivity contribution >= 4 is 11.5 Å². The number of imidazole rings is 1. The molecular formula is C9H12ClN3O4. The van der Waals surface area contributed by atoms with Gasteiger partial charge in [-0.15, -0.1) is 0 Å². The molecule has 0 aliphatic heterocycles. The van der Waals surface area contributed by atoms with Crippen LogP contribution in [0.3, 0.4) is 0 Å². The van der Waals surface area contributed by atoms with Crippen molar-refractivity contribution in [2.45, 2.75) is 0 Å². The lowest BCUT2D eigenvalue weighted by molar-refractivity contribution is -1.92. The highest BCUT2D eigenvalue weighted by Gasteiger charge is 2.02. The van der Waals surface area contributed by atoms with E-state index in [1.807, 2.05) is 49.6 Å². The molecule has 2 heterocycles. The second kappa shape index (κ2) is 5.30. The molecule has 2 rings (SSSR count). The normalized spacial score (nSPS) is 10.9. The largest absolute Gasteiger partial charge is 0.348 e. The Morgan fingerprint density at radius 1 is 1.29 bits per heavy atom. The summed E-state index contributed by atoms with van der Waals surface area (Å²) in [5.41, 5.74) is 1.13. The van der Waals surface area contributed by atoms with E-state index < -0.39 is 10.2 Å². The predicted octanol–water partition coefficient (Wildman–Crippen LogP) is -2.72. The highest BCUT2D eigenvalue weighted by molar-refractivity contribution is 5.52. The van der Waals surface area contributed by atoms with E-state index in [-0.39, 0.29) is 0 Å². The summed E-state index contributed by atoms with van der Waals surface area (Å²) >= 11 is 0. The van der Waals surface area contributed by atoms with E-state index in [9.17, 15) is 0 Å². The maximum atomic E-state index is 8.60. The highest BCUT2D eigenvalue weighted by atomic mass is 35.7. The molecule has 0 spiro atoms. The minimum Gasteiger partial charge on any atom is -0.348 e. The van der Waals surface area contributed by atoms with Gasteiger partial charge in [0.05, 0.1) is 26.6 Å². The van der Waals surface area contributed by atoms with Gasteiger partial charge in [-0.05, 0) is 12.1 Å². The second-order valence-corrected chi connectivity index (χ2v) is 4.14. The molecule has 0 aliphatic carbocycles. The summed E-state index contributed by atoms with van der Waals surface area (Å²) in [5.74, 6) is 0.964. The molecule has 1 N–H and O–H groups in total. The van der Waals surface area contributed by atoms with E-state index in [1.165, 1.54) is 0 Å². The zero-order valence-electron chi connectivity index (χ0n) is 9.28. The first-order valence-electron chi connectivity index (χ1n) is 4.51. The number of nitrogens with zero attached hydrogens (tertiary/aromatic N) is 3. The molecule has 17 heavy (non-hydrogen) atoms. The van der Waals surface area contributed by atoms with Gasteiger partial charge in [-0.3, -0.25) is 4.40 Å². The summed E-state index contributed by atoms with van der Waals surface area (Å²) in [6, 6.07) is 6.05. The van der Waals surface area contributed by atoms with Crippen molar-refractivity contribution < 1.29 is 28.9 Å². The van der Waals surface area contributed by atoms with E-state index in [0.717, 1.165) is 11.5 Å². The third-order valence-corrected chi connectivity index (χ3v) is 1.82. The van der Waals surface area contributed by atoms with Gasteiger partial charge in [0.2, 0.25) is 5.95 Å². The lowest BCUT2D eigenvalue weighted by atomic mass is 10.4. The minimum atomic E-state index is -4.69. The van der Waals surface area contributed by atoms with Crippen LogP contribution in [0.2, 0.25) is 0 Å². The quantitative estimate of drug-likeness (QED) is 0.597. The van der Waals surface area contributed by atoms with Gasteiger partial charge in [0, 0.05) is 20.3 Å². The monoisotopic (exact) mass is 261 g/mol. The third-order valence-electron chi connectivity index (χ3n) is 1.82. The first-order chi connectivity index (χ1) is 7.79. The van der Waals surface area contributed by atoms with Gasteiger partial charge in [0.25, 0.3) is 0 Å². The Bertz CT molecular complexity index is 474. The molecule has 0 aliphatic rings. The van der Waals surface area contributed by atoms with Crippen molar-refractivity contribution in [3.8, 4) is 0 Å². The van der Waals surface area contributed by atoms with Gasteiger partial charge in [-0.1, -0.05) is 6.07 Å². The summed E-state index contributed by atoms with van der Waals surface area (Å²) in [6.07, 6.45) is 3.88. The lowest BCUT2D eigenvalue weighted by Crippen LogP contribution is -2.58. The molecule has 0 unspecified atom stereocenters. The highest BCUT2D eigenvalue weighted by Crippen LogP contribution is 2.11. The molecule has 0 atom stereocenters. The molecule has 0 amide bonds. The van der Waals surface area contributed by atoms with Gasteiger partial charge >= 0.3 is 0 Å². The van der Waals surface area contributed by atoms with Crippen LogP contribution in [-0.4, -0.2) is 28.1 Å². The van der Waals surface area contributed by atoms with E-state index in [2.05, 4.69) is 9.38 Å². The van der Waals surface area contributed by atoms with Crippen LogP contribution < -0.4 is 18.9 Å². The number of aromatic nitrogens is 2. The van der Waals surface area contributed by atoms with Gasteiger partial charge in [0.15, 0.2) is 0 Å². The average molecular weight is 262 g/mol. The number of fused-ring (bicyclic) bond motifs is 1. The Labute approximate surface area is 99.9 Å². The van der Waals surface area contributed by atoms with Gasteiger partial charge in [0.1, 0.15) is 0 Å². The fraction of sp³-hybridized carbons (Fsp3) is 0.222. The van der Waals surface area contributed by atoms with E-state index >= 15 is 0 Å². The number of rotatable bonds is 1. The number of hydrogen-bond donors (Lipinski definition) is 1. The lowest BCUT2D eigenvalue weighted by Gasteiger charge is -2.09. The molecule has 0 radical (unpaired) electrons. The van der Waals surface area contributed by atoms with E-state index in [1.54, 1.807) is 0 Å². The topological polar surface area (TPSA) is 110 Å². The molecule has 2 aromatic rings. The van der Waals surface area contributed by atoms with Gasteiger partial charge in [-0.2, -0.15) is 14.0 Å². The Hall–Kier alpha value is -1.38. The SMILES string of the molecule is CN(C)c1ncc2ccccn12.[O-][Cl+3]([O-])([O-])O. The van der Waals surface area contributed by atoms with Crippen LogP contribution in [0.5, 0.6) is 0 Å². The summed E-state index contributed by atoms with van der Waals surface area (Å²) in [4.78, 5) is 6.28. The third kappa shape index (κ3) is 4.55. The zero-order valence-corrected chi connectivity index (χ0v) is 10.0. The maximum Gasteiger partial charge on any atom is 0.209 e. The number of halogens is 1. The molecule has 0 saturated heterocycles. The van der Waals surface area contributed by atoms with E-state index in [4.69, 9.17) is 18.6 Å². The molecule has 0 aromatic carbocycles. The number of pyridine rings is 1. The standard InChI is InChI=1S/C9H11N3.ClHO4/c1-11(2)9-10-7-8-5-3-4-6-12(8)9;2-1(3,4)5/h3-7H,1-2H3;(H,2,3,4,5).